The topological polar surface area (TPSA) is 17.1 Å². The highest BCUT2D eigenvalue weighted by molar-refractivity contribution is 5.79. The molecule has 1 nitrogen and oxygen atoms in total. The normalized spacial score (nSPS) is 49.9. The molecule has 3 saturated carbocycles. The zero-order valence-corrected chi connectivity index (χ0v) is 15.8. The first-order valence-electron chi connectivity index (χ1n) is 9.87. The number of carbonyl (C=O) groups excluding carboxylic acids is 1. The maximum absolute atomic E-state index is 12.3. The lowest BCUT2D eigenvalue weighted by molar-refractivity contribution is -0.129. The molecule has 24 heavy (non-hydrogen) atoms. The quantitative estimate of drug-likeness (QED) is 0.602. The van der Waals surface area contributed by atoms with Gasteiger partial charge in [-0.3, -0.25) is 4.79 Å². The van der Waals surface area contributed by atoms with E-state index in [2.05, 4.69) is 45.6 Å². The Hall–Kier alpha value is -1.11. The molecule has 130 valence electrons. The molecule has 4 aliphatic rings. The van der Waals surface area contributed by atoms with Gasteiger partial charge in [-0.1, -0.05) is 51.2 Å². The molecule has 0 heterocycles. The summed E-state index contributed by atoms with van der Waals surface area (Å²) in [6.07, 6.45) is 13.2. The lowest BCUT2D eigenvalue weighted by atomic mass is 9.45. The van der Waals surface area contributed by atoms with Crippen molar-refractivity contribution < 1.29 is 4.79 Å². The summed E-state index contributed by atoms with van der Waals surface area (Å²) in [6, 6.07) is 0. The van der Waals surface area contributed by atoms with Crippen molar-refractivity contribution in [3.63, 3.8) is 0 Å². The van der Waals surface area contributed by atoms with E-state index in [9.17, 15) is 4.79 Å². The molecule has 0 spiro atoms. The third-order valence-electron chi connectivity index (χ3n) is 8.39. The van der Waals surface area contributed by atoms with Crippen LogP contribution >= 0.6 is 0 Å². The summed E-state index contributed by atoms with van der Waals surface area (Å²) < 4.78 is 0. The number of allylic oxidation sites excluding steroid dienone is 5. The van der Waals surface area contributed by atoms with Crippen molar-refractivity contribution in [3.05, 3.63) is 36.0 Å². The summed E-state index contributed by atoms with van der Waals surface area (Å²) >= 11 is 0. The standard InChI is InChI=1S/C23H32O/c1-14-10-11-22(4)17(12-14)6-7-18-20-9-8-19(16(3)24)23(20,5)13-15(2)21(18)22/h10-12,15,18-21H,1,6-9,13H2,2-5H3. The minimum Gasteiger partial charge on any atom is -0.300 e. The molecule has 4 rings (SSSR count). The van der Waals surface area contributed by atoms with E-state index in [0.29, 0.717) is 17.6 Å². The molecule has 0 aliphatic heterocycles. The van der Waals surface area contributed by atoms with Crippen LogP contribution in [0.25, 0.3) is 0 Å². The Morgan fingerprint density at radius 3 is 2.71 bits per heavy atom. The van der Waals surface area contributed by atoms with E-state index in [-0.39, 0.29) is 10.8 Å². The highest BCUT2D eigenvalue weighted by Gasteiger charge is 2.61. The van der Waals surface area contributed by atoms with Gasteiger partial charge in [-0.05, 0) is 73.7 Å². The molecule has 4 aliphatic carbocycles. The van der Waals surface area contributed by atoms with Gasteiger partial charge in [0.2, 0.25) is 0 Å². The molecule has 7 unspecified atom stereocenters. The molecule has 0 saturated heterocycles. The Morgan fingerprint density at radius 2 is 2.00 bits per heavy atom. The first-order valence-corrected chi connectivity index (χ1v) is 9.87. The molecule has 0 aromatic rings. The first kappa shape index (κ1) is 16.4. The van der Waals surface area contributed by atoms with Crippen LogP contribution in [0.4, 0.5) is 0 Å². The average molecular weight is 325 g/mol. The maximum atomic E-state index is 12.3. The summed E-state index contributed by atoms with van der Waals surface area (Å²) in [7, 11) is 0. The van der Waals surface area contributed by atoms with Crippen molar-refractivity contribution in [1.82, 2.24) is 0 Å². The fraction of sp³-hybridized carbons (Fsp3) is 0.696. The number of ketones is 1. The fourth-order valence-electron chi connectivity index (χ4n) is 7.64. The Labute approximate surface area is 147 Å². The van der Waals surface area contributed by atoms with E-state index in [1.54, 1.807) is 5.57 Å². The van der Waals surface area contributed by atoms with Crippen LogP contribution < -0.4 is 0 Å². The molecular formula is C23H32O. The van der Waals surface area contributed by atoms with Gasteiger partial charge in [0.15, 0.2) is 0 Å². The molecule has 0 bridgehead atoms. The minimum absolute atomic E-state index is 0.208. The largest absolute Gasteiger partial charge is 0.300 e. The number of fused-ring (bicyclic) bond motifs is 5. The van der Waals surface area contributed by atoms with E-state index >= 15 is 0 Å². The van der Waals surface area contributed by atoms with Crippen LogP contribution in [0.3, 0.4) is 0 Å². The minimum atomic E-state index is 0.208. The number of hydrogen-bond donors (Lipinski definition) is 0. The second-order valence-corrected chi connectivity index (χ2v) is 9.62. The van der Waals surface area contributed by atoms with Crippen LogP contribution in [0.2, 0.25) is 0 Å². The molecule has 1 heteroatoms. The summed E-state index contributed by atoms with van der Waals surface area (Å²) in [6.45, 7) is 13.3. The van der Waals surface area contributed by atoms with Crippen LogP contribution in [0.5, 0.6) is 0 Å². The summed E-state index contributed by atoms with van der Waals surface area (Å²) in [5, 5.41) is 0. The van der Waals surface area contributed by atoms with Crippen LogP contribution in [0.1, 0.15) is 59.8 Å². The molecule has 0 aromatic carbocycles. The SMILES string of the molecule is C=C1C=CC2(C)C(=C1)CCC1C2C(C)CC2(C)C(C(C)=O)CCC12. The molecule has 7 atom stereocenters. The van der Waals surface area contributed by atoms with Gasteiger partial charge in [-0.25, -0.2) is 0 Å². The van der Waals surface area contributed by atoms with Crippen molar-refractivity contribution in [1.29, 1.82) is 0 Å². The summed E-state index contributed by atoms with van der Waals surface area (Å²) in [5.74, 6) is 3.66. The van der Waals surface area contributed by atoms with E-state index in [0.717, 1.165) is 29.7 Å². The molecular weight excluding hydrogens is 292 g/mol. The third-order valence-corrected chi connectivity index (χ3v) is 8.39. The van der Waals surface area contributed by atoms with Crippen LogP contribution in [-0.2, 0) is 4.79 Å². The number of hydrogen-bond acceptors (Lipinski definition) is 1. The van der Waals surface area contributed by atoms with E-state index in [1.807, 2.05) is 6.92 Å². The van der Waals surface area contributed by atoms with Gasteiger partial charge in [0.05, 0.1) is 0 Å². The fourth-order valence-corrected chi connectivity index (χ4v) is 7.64. The predicted octanol–water partition coefficient (Wildman–Crippen LogP) is 5.73. The Bertz CT molecular complexity index is 653. The van der Waals surface area contributed by atoms with Crippen LogP contribution in [0, 0.1) is 40.4 Å². The average Bonchev–Trinajstić information content (AvgIpc) is 2.84. The highest BCUT2D eigenvalue weighted by atomic mass is 16.1. The number of rotatable bonds is 1. The Balaban J connectivity index is 1.74. The second kappa shape index (κ2) is 5.19. The van der Waals surface area contributed by atoms with E-state index < -0.39 is 0 Å². The van der Waals surface area contributed by atoms with Gasteiger partial charge in [0, 0.05) is 11.3 Å². The van der Waals surface area contributed by atoms with E-state index in [1.165, 1.54) is 25.7 Å². The zero-order valence-electron chi connectivity index (χ0n) is 15.8. The van der Waals surface area contributed by atoms with Crippen molar-refractivity contribution >= 4 is 5.78 Å². The van der Waals surface area contributed by atoms with E-state index in [4.69, 9.17) is 0 Å². The molecule has 0 radical (unpaired) electrons. The molecule has 0 N–H and O–H groups in total. The molecule has 3 fully saturated rings. The Morgan fingerprint density at radius 1 is 1.25 bits per heavy atom. The van der Waals surface area contributed by atoms with Crippen molar-refractivity contribution in [2.45, 2.75) is 59.8 Å². The van der Waals surface area contributed by atoms with Crippen molar-refractivity contribution in [3.8, 4) is 0 Å². The van der Waals surface area contributed by atoms with Gasteiger partial charge in [-0.2, -0.15) is 0 Å². The van der Waals surface area contributed by atoms with Gasteiger partial charge in [0.25, 0.3) is 0 Å². The zero-order chi connectivity index (χ0) is 17.3. The molecule has 0 amide bonds. The predicted molar refractivity (Wildman–Crippen MR) is 99.5 cm³/mol. The summed E-state index contributed by atoms with van der Waals surface area (Å²) in [4.78, 5) is 12.3. The van der Waals surface area contributed by atoms with Gasteiger partial charge in [-0.15, -0.1) is 0 Å². The van der Waals surface area contributed by atoms with Crippen molar-refractivity contribution in [2.75, 3.05) is 0 Å². The smallest absolute Gasteiger partial charge is 0.133 e. The maximum Gasteiger partial charge on any atom is 0.133 e. The lowest BCUT2D eigenvalue weighted by Crippen LogP contribution is -2.53. The molecule has 0 aromatic heterocycles. The Kier molecular flexibility index (Phi) is 3.54. The van der Waals surface area contributed by atoms with Gasteiger partial charge >= 0.3 is 0 Å². The third kappa shape index (κ3) is 2.02. The van der Waals surface area contributed by atoms with Crippen molar-refractivity contribution in [2.24, 2.45) is 40.4 Å². The lowest BCUT2D eigenvalue weighted by Gasteiger charge is -2.59. The number of carbonyl (C=O) groups is 1. The van der Waals surface area contributed by atoms with Crippen LogP contribution in [-0.4, -0.2) is 5.78 Å². The van der Waals surface area contributed by atoms with Gasteiger partial charge < -0.3 is 0 Å². The van der Waals surface area contributed by atoms with Gasteiger partial charge in [0.1, 0.15) is 5.78 Å². The number of Topliss-reactive ketones (excluding diaryl/α,β-unsaturated/α-hetero) is 1. The monoisotopic (exact) mass is 324 g/mol. The van der Waals surface area contributed by atoms with Crippen LogP contribution in [0.15, 0.2) is 36.0 Å². The highest BCUT2D eigenvalue weighted by Crippen LogP contribution is 2.67. The summed E-state index contributed by atoms with van der Waals surface area (Å²) in [5.41, 5.74) is 3.21. The first-order chi connectivity index (χ1) is 11.3. The second-order valence-electron chi connectivity index (χ2n) is 9.62.